The molecule has 0 radical (unpaired) electrons. The highest BCUT2D eigenvalue weighted by molar-refractivity contribution is 6.02. The van der Waals surface area contributed by atoms with Crippen molar-refractivity contribution < 1.29 is 9.53 Å². The van der Waals surface area contributed by atoms with Gasteiger partial charge < -0.3 is 14.6 Å². The fourth-order valence-electron chi connectivity index (χ4n) is 4.16. The van der Waals surface area contributed by atoms with Crippen molar-refractivity contribution in [3.63, 3.8) is 0 Å². The van der Waals surface area contributed by atoms with Crippen LogP contribution in [0.15, 0.2) is 36.9 Å². The molecule has 10 heteroatoms. The van der Waals surface area contributed by atoms with Gasteiger partial charge in [0.05, 0.1) is 17.8 Å². The van der Waals surface area contributed by atoms with Gasteiger partial charge in [-0.3, -0.25) is 9.48 Å². The maximum absolute atomic E-state index is 13.1. The summed E-state index contributed by atoms with van der Waals surface area (Å²) < 4.78 is 9.31. The highest BCUT2D eigenvalue weighted by Crippen LogP contribution is 2.30. The zero-order valence-electron chi connectivity index (χ0n) is 18.3. The third kappa shape index (κ3) is 3.94. The second-order valence-corrected chi connectivity index (χ2v) is 8.04. The first-order chi connectivity index (χ1) is 16.0. The number of aromatic nitrogens is 6. The van der Waals surface area contributed by atoms with E-state index >= 15 is 0 Å². The number of nitrogens with zero attached hydrogens (tertiary/aromatic N) is 7. The minimum Gasteiger partial charge on any atom is -0.370 e. The minimum absolute atomic E-state index is 0.0975. The predicted octanol–water partition coefficient (Wildman–Crippen LogP) is 2.42. The summed E-state index contributed by atoms with van der Waals surface area (Å²) in [5.41, 5.74) is 4.37. The highest BCUT2D eigenvalue weighted by atomic mass is 16.5. The Balaban J connectivity index is 1.41. The van der Waals surface area contributed by atoms with Gasteiger partial charge in [-0.2, -0.15) is 10.4 Å². The Labute approximate surface area is 189 Å². The van der Waals surface area contributed by atoms with Crippen LogP contribution in [0, 0.1) is 11.3 Å². The first-order valence-corrected chi connectivity index (χ1v) is 10.6. The lowest BCUT2D eigenvalue weighted by Crippen LogP contribution is -2.25. The maximum atomic E-state index is 13.1. The van der Waals surface area contributed by atoms with E-state index in [9.17, 15) is 10.1 Å². The molecular formula is C23H22N8O2. The number of aryl methyl sites for hydroxylation is 2. The summed E-state index contributed by atoms with van der Waals surface area (Å²) in [5.74, 6) is 0.412. The minimum atomic E-state index is -0.338. The molecule has 0 aliphatic carbocycles. The summed E-state index contributed by atoms with van der Waals surface area (Å²) in [4.78, 5) is 26.1. The van der Waals surface area contributed by atoms with Crippen LogP contribution in [0.4, 0.5) is 0 Å². The number of amides is 1. The molecule has 1 amide bonds. The van der Waals surface area contributed by atoms with Gasteiger partial charge in [-0.1, -0.05) is 0 Å². The maximum Gasteiger partial charge on any atom is 0.272 e. The second kappa shape index (κ2) is 8.44. The van der Waals surface area contributed by atoms with E-state index in [4.69, 9.17) is 4.74 Å². The molecule has 4 heterocycles. The molecule has 4 aromatic rings. The van der Waals surface area contributed by atoms with Gasteiger partial charge in [0.1, 0.15) is 23.8 Å². The monoisotopic (exact) mass is 442 g/mol. The van der Waals surface area contributed by atoms with Crippen molar-refractivity contribution in [3.05, 3.63) is 59.6 Å². The fourth-order valence-corrected chi connectivity index (χ4v) is 4.16. The number of nitrogens with one attached hydrogen (secondary N) is 1. The molecule has 1 unspecified atom stereocenters. The van der Waals surface area contributed by atoms with E-state index < -0.39 is 0 Å². The Morgan fingerprint density at radius 3 is 2.88 bits per heavy atom. The number of hydrogen-bond donors (Lipinski definition) is 1. The zero-order chi connectivity index (χ0) is 22.9. The van der Waals surface area contributed by atoms with Crippen molar-refractivity contribution in [2.45, 2.75) is 25.5 Å². The quantitative estimate of drug-likeness (QED) is 0.503. The smallest absolute Gasteiger partial charge is 0.272 e. The molecular weight excluding hydrogens is 420 g/mol. The summed E-state index contributed by atoms with van der Waals surface area (Å²) in [7, 11) is 3.69. The lowest BCUT2D eigenvalue weighted by Gasteiger charge is -2.10. The lowest BCUT2D eigenvalue weighted by atomic mass is 10.0. The van der Waals surface area contributed by atoms with Crippen LogP contribution in [-0.4, -0.2) is 41.8 Å². The van der Waals surface area contributed by atoms with Crippen LogP contribution < -0.4 is 5.32 Å². The van der Waals surface area contributed by atoms with E-state index in [2.05, 4.69) is 31.4 Å². The van der Waals surface area contributed by atoms with Crippen LogP contribution in [0.3, 0.4) is 0 Å². The first-order valence-electron chi connectivity index (χ1n) is 10.6. The third-order valence-corrected chi connectivity index (χ3v) is 5.75. The highest BCUT2D eigenvalue weighted by Gasteiger charge is 2.26. The molecule has 1 aliphatic rings. The van der Waals surface area contributed by atoms with Gasteiger partial charge in [0.2, 0.25) is 0 Å². The van der Waals surface area contributed by atoms with Crippen LogP contribution in [0.5, 0.6) is 0 Å². The van der Waals surface area contributed by atoms with Crippen LogP contribution in [-0.2, 0) is 25.4 Å². The molecule has 166 valence electrons. The average Bonchev–Trinajstić information content (AvgIpc) is 3.58. The molecule has 0 spiro atoms. The molecule has 1 fully saturated rings. The van der Waals surface area contributed by atoms with Gasteiger partial charge in [0.25, 0.3) is 5.91 Å². The number of imidazole rings is 1. The number of nitriles is 1. The summed E-state index contributed by atoms with van der Waals surface area (Å²) in [5, 5.41) is 16.5. The Morgan fingerprint density at radius 2 is 2.15 bits per heavy atom. The number of carbonyl (C=O) groups excluding carboxylic acids is 1. The van der Waals surface area contributed by atoms with Gasteiger partial charge in [-0.15, -0.1) is 0 Å². The van der Waals surface area contributed by atoms with Gasteiger partial charge in [0.15, 0.2) is 11.3 Å². The number of benzene rings is 1. The molecule has 1 aromatic carbocycles. The normalized spacial score (nSPS) is 15.6. The van der Waals surface area contributed by atoms with Crippen molar-refractivity contribution in [1.82, 2.24) is 34.6 Å². The first kappa shape index (κ1) is 20.8. The summed E-state index contributed by atoms with van der Waals surface area (Å²) in [6.45, 7) is 0.944. The molecule has 1 aliphatic heterocycles. The fraction of sp³-hybridized carbons (Fsp3) is 0.304. The SMILES string of the molecule is Cn1cc(-c2cc(C#N)cc(CNC(=O)c3ncnc4nc(C5CCCO5)n(C)c34)c2)cn1. The van der Waals surface area contributed by atoms with Crippen molar-refractivity contribution in [2.24, 2.45) is 14.1 Å². The van der Waals surface area contributed by atoms with Gasteiger partial charge in [0, 0.05) is 39.0 Å². The van der Waals surface area contributed by atoms with E-state index in [-0.39, 0.29) is 24.2 Å². The largest absolute Gasteiger partial charge is 0.370 e. The van der Waals surface area contributed by atoms with Gasteiger partial charge >= 0.3 is 0 Å². The average molecular weight is 442 g/mol. The molecule has 3 aromatic heterocycles. The van der Waals surface area contributed by atoms with E-state index in [0.29, 0.717) is 23.3 Å². The predicted molar refractivity (Wildman–Crippen MR) is 119 cm³/mol. The number of rotatable bonds is 5. The molecule has 5 rings (SSSR count). The molecule has 10 nitrogen and oxygen atoms in total. The molecule has 0 bridgehead atoms. The Morgan fingerprint density at radius 1 is 1.27 bits per heavy atom. The van der Waals surface area contributed by atoms with Crippen molar-refractivity contribution in [2.75, 3.05) is 6.61 Å². The molecule has 1 saturated heterocycles. The third-order valence-electron chi connectivity index (χ3n) is 5.75. The Hall–Kier alpha value is -4.10. The zero-order valence-corrected chi connectivity index (χ0v) is 18.3. The number of fused-ring (bicyclic) bond motifs is 1. The van der Waals surface area contributed by atoms with Crippen molar-refractivity contribution >= 4 is 17.1 Å². The Kier molecular flexibility index (Phi) is 5.32. The van der Waals surface area contributed by atoms with Crippen molar-refractivity contribution in [3.8, 4) is 17.2 Å². The van der Waals surface area contributed by atoms with Crippen LogP contribution in [0.2, 0.25) is 0 Å². The molecule has 0 saturated carbocycles. The topological polar surface area (TPSA) is 124 Å². The summed E-state index contributed by atoms with van der Waals surface area (Å²) in [6, 6.07) is 7.68. The molecule has 1 N–H and O–H groups in total. The summed E-state index contributed by atoms with van der Waals surface area (Å²) >= 11 is 0. The molecule has 1 atom stereocenters. The number of hydrogen-bond acceptors (Lipinski definition) is 7. The second-order valence-electron chi connectivity index (χ2n) is 8.04. The molecule has 33 heavy (non-hydrogen) atoms. The van der Waals surface area contributed by atoms with Crippen LogP contribution in [0.1, 0.15) is 46.4 Å². The van der Waals surface area contributed by atoms with E-state index in [1.54, 1.807) is 23.0 Å². The van der Waals surface area contributed by atoms with Crippen LogP contribution >= 0.6 is 0 Å². The summed E-state index contributed by atoms with van der Waals surface area (Å²) in [6.07, 6.45) is 6.74. The number of ether oxygens (including phenoxy) is 1. The van der Waals surface area contributed by atoms with Gasteiger partial charge in [-0.05, 0) is 42.2 Å². The van der Waals surface area contributed by atoms with Crippen molar-refractivity contribution in [1.29, 1.82) is 5.26 Å². The van der Waals surface area contributed by atoms with E-state index in [1.165, 1.54) is 6.33 Å². The number of carbonyl (C=O) groups is 1. The van der Waals surface area contributed by atoms with E-state index in [1.807, 2.05) is 30.9 Å². The lowest BCUT2D eigenvalue weighted by molar-refractivity contribution is 0.0946. The Bertz CT molecular complexity index is 1390. The van der Waals surface area contributed by atoms with Crippen LogP contribution in [0.25, 0.3) is 22.3 Å². The van der Waals surface area contributed by atoms with Gasteiger partial charge in [-0.25, -0.2) is 15.0 Å². The standard InChI is InChI=1S/C23H22N8O2/c1-30-12-17(11-28-30)16-7-14(9-24)6-15(8-16)10-25-23(32)19-20-21(27-13-26-19)29-22(31(20)2)18-4-3-5-33-18/h6-8,11-13,18H,3-5,10H2,1-2H3,(H,25,32). The van der Waals surface area contributed by atoms with E-state index in [0.717, 1.165) is 35.4 Å².